The number of hydrogen-bond donors (Lipinski definition) is 2. The van der Waals surface area contributed by atoms with Gasteiger partial charge in [0.1, 0.15) is 6.29 Å². The third-order valence-corrected chi connectivity index (χ3v) is 3.55. The quantitative estimate of drug-likeness (QED) is 0.529. The smallest absolute Gasteiger partial charge is 0.315 e. The molecule has 2 fully saturated rings. The van der Waals surface area contributed by atoms with Crippen LogP contribution in [0.1, 0.15) is 38.5 Å². The van der Waals surface area contributed by atoms with Gasteiger partial charge in [-0.15, -0.1) is 0 Å². The van der Waals surface area contributed by atoms with Gasteiger partial charge in [0.25, 0.3) is 0 Å². The maximum Gasteiger partial charge on any atom is 0.315 e. The van der Waals surface area contributed by atoms with Crippen LogP contribution in [0, 0.1) is 5.92 Å². The van der Waals surface area contributed by atoms with Gasteiger partial charge in [0.05, 0.1) is 12.1 Å². The summed E-state index contributed by atoms with van der Waals surface area (Å²) >= 11 is 0. The minimum atomic E-state index is -0.0115. The molecule has 0 aromatic carbocycles. The largest absolute Gasteiger partial charge is 0.333 e. The molecule has 1 saturated heterocycles. The molecule has 2 amide bonds. The second-order valence-corrected chi connectivity index (χ2v) is 4.54. The van der Waals surface area contributed by atoms with E-state index in [1.807, 2.05) is 0 Å². The minimum Gasteiger partial charge on any atom is -0.333 e. The summed E-state index contributed by atoms with van der Waals surface area (Å²) in [5.74, 6) is 0.612. The van der Waals surface area contributed by atoms with Crippen molar-refractivity contribution in [2.24, 2.45) is 5.92 Å². The topological polar surface area (TPSA) is 58.2 Å². The maximum atomic E-state index is 11.1. The molecular formula is C11H18N2O2. The first-order chi connectivity index (χ1) is 7.31. The molecule has 1 unspecified atom stereocenters. The molecule has 0 bridgehead atoms. The van der Waals surface area contributed by atoms with Gasteiger partial charge in [-0.25, -0.2) is 4.79 Å². The zero-order valence-corrected chi connectivity index (χ0v) is 8.87. The molecule has 2 aliphatic rings. The maximum absolute atomic E-state index is 11.1. The molecule has 84 valence electrons. The van der Waals surface area contributed by atoms with Gasteiger partial charge in [-0.3, -0.25) is 0 Å². The Morgan fingerprint density at radius 3 is 2.93 bits per heavy atom. The monoisotopic (exact) mass is 210 g/mol. The summed E-state index contributed by atoms with van der Waals surface area (Å²) in [6.45, 7) is 0. The Balaban J connectivity index is 1.74. The summed E-state index contributed by atoms with van der Waals surface area (Å²) in [6.07, 6.45) is 7.17. The molecule has 2 N–H and O–H groups in total. The lowest BCUT2D eigenvalue weighted by molar-refractivity contribution is -0.107. The molecule has 4 heteroatoms. The van der Waals surface area contributed by atoms with Crippen LogP contribution in [-0.2, 0) is 4.79 Å². The molecule has 0 spiro atoms. The predicted molar refractivity (Wildman–Crippen MR) is 56.5 cm³/mol. The van der Waals surface area contributed by atoms with Gasteiger partial charge in [-0.1, -0.05) is 6.42 Å². The first kappa shape index (κ1) is 10.5. The van der Waals surface area contributed by atoms with Crippen molar-refractivity contribution in [1.29, 1.82) is 0 Å². The highest BCUT2D eigenvalue weighted by Gasteiger charge is 2.41. The van der Waals surface area contributed by atoms with Crippen LogP contribution in [0.25, 0.3) is 0 Å². The van der Waals surface area contributed by atoms with E-state index in [0.29, 0.717) is 24.4 Å². The highest BCUT2D eigenvalue weighted by molar-refractivity contribution is 5.77. The number of rotatable bonds is 5. The second kappa shape index (κ2) is 4.64. The predicted octanol–water partition coefficient (Wildman–Crippen LogP) is 1.21. The van der Waals surface area contributed by atoms with E-state index in [0.717, 1.165) is 32.0 Å². The van der Waals surface area contributed by atoms with Gasteiger partial charge >= 0.3 is 6.03 Å². The summed E-state index contributed by atoms with van der Waals surface area (Å²) in [5, 5.41) is 5.93. The fraction of sp³-hybridized carbons (Fsp3) is 0.818. The molecule has 2 rings (SSSR count). The highest BCUT2D eigenvalue weighted by Crippen LogP contribution is 2.32. The number of hydrogen-bond acceptors (Lipinski definition) is 2. The number of amides is 2. The van der Waals surface area contributed by atoms with Gasteiger partial charge in [0, 0.05) is 6.42 Å². The Bertz CT molecular complexity index is 255. The van der Waals surface area contributed by atoms with Crippen LogP contribution in [-0.4, -0.2) is 24.4 Å². The molecule has 4 nitrogen and oxygen atoms in total. The molecule has 15 heavy (non-hydrogen) atoms. The average Bonchev–Trinajstić information content (AvgIpc) is 2.73. The lowest BCUT2D eigenvalue weighted by atomic mass is 9.96. The average molecular weight is 210 g/mol. The third-order valence-electron chi connectivity index (χ3n) is 3.55. The Kier molecular flexibility index (Phi) is 3.23. The summed E-state index contributed by atoms with van der Waals surface area (Å²) in [6, 6.07) is 0.685. The van der Waals surface area contributed by atoms with Crippen molar-refractivity contribution in [3.8, 4) is 0 Å². The molecule has 1 heterocycles. The number of nitrogens with one attached hydrogen (secondary N) is 2. The van der Waals surface area contributed by atoms with Crippen molar-refractivity contribution >= 4 is 12.3 Å². The van der Waals surface area contributed by atoms with Crippen molar-refractivity contribution in [3.63, 3.8) is 0 Å². The lowest BCUT2D eigenvalue weighted by Gasteiger charge is -2.17. The van der Waals surface area contributed by atoms with Crippen LogP contribution in [0.2, 0.25) is 0 Å². The van der Waals surface area contributed by atoms with E-state index >= 15 is 0 Å². The van der Waals surface area contributed by atoms with E-state index in [1.165, 1.54) is 6.42 Å². The molecule has 3 atom stereocenters. The number of fused-ring (bicyclic) bond motifs is 1. The minimum absolute atomic E-state index is 0.0115. The second-order valence-electron chi connectivity index (χ2n) is 4.54. The first-order valence-corrected chi connectivity index (χ1v) is 5.82. The summed E-state index contributed by atoms with van der Waals surface area (Å²) in [4.78, 5) is 21.3. The Morgan fingerprint density at radius 2 is 2.13 bits per heavy atom. The van der Waals surface area contributed by atoms with E-state index < -0.39 is 0 Å². The molecule has 0 radical (unpaired) electrons. The van der Waals surface area contributed by atoms with Crippen LogP contribution in [0.15, 0.2) is 0 Å². The Labute approximate surface area is 89.8 Å². The van der Waals surface area contributed by atoms with E-state index in [4.69, 9.17) is 0 Å². The molecular weight excluding hydrogens is 192 g/mol. The zero-order chi connectivity index (χ0) is 10.7. The standard InChI is InChI=1S/C11H18N2O2/c14-7-3-1-2-4-8-5-6-9-10(8)13-11(15)12-9/h7-10H,1-6H2,(H2,12,13,15)/t8?,9-,10+/m0/s1. The summed E-state index contributed by atoms with van der Waals surface area (Å²) < 4.78 is 0. The summed E-state index contributed by atoms with van der Waals surface area (Å²) in [5.41, 5.74) is 0. The highest BCUT2D eigenvalue weighted by atomic mass is 16.2. The fourth-order valence-electron chi connectivity index (χ4n) is 2.78. The Hall–Kier alpha value is -1.06. The zero-order valence-electron chi connectivity index (χ0n) is 8.87. The van der Waals surface area contributed by atoms with Gasteiger partial charge in [0.2, 0.25) is 0 Å². The van der Waals surface area contributed by atoms with Gasteiger partial charge in [-0.2, -0.15) is 0 Å². The number of unbranched alkanes of at least 4 members (excludes halogenated alkanes) is 2. The molecule has 1 aliphatic carbocycles. The van der Waals surface area contributed by atoms with Crippen molar-refractivity contribution in [2.75, 3.05) is 0 Å². The van der Waals surface area contributed by atoms with Gasteiger partial charge in [0.15, 0.2) is 0 Å². The molecule has 1 aliphatic heterocycles. The van der Waals surface area contributed by atoms with Crippen LogP contribution in [0.5, 0.6) is 0 Å². The summed E-state index contributed by atoms with van der Waals surface area (Å²) in [7, 11) is 0. The van der Waals surface area contributed by atoms with Crippen molar-refractivity contribution in [1.82, 2.24) is 10.6 Å². The number of carbonyl (C=O) groups is 2. The van der Waals surface area contributed by atoms with Crippen molar-refractivity contribution in [2.45, 2.75) is 50.6 Å². The fourth-order valence-corrected chi connectivity index (χ4v) is 2.78. The first-order valence-electron chi connectivity index (χ1n) is 5.82. The molecule has 0 aromatic rings. The van der Waals surface area contributed by atoms with Crippen LogP contribution in [0.3, 0.4) is 0 Å². The van der Waals surface area contributed by atoms with Crippen LogP contribution >= 0.6 is 0 Å². The van der Waals surface area contributed by atoms with E-state index in [1.54, 1.807) is 0 Å². The van der Waals surface area contributed by atoms with Gasteiger partial charge in [-0.05, 0) is 31.6 Å². The Morgan fingerprint density at radius 1 is 1.27 bits per heavy atom. The molecule has 1 saturated carbocycles. The van der Waals surface area contributed by atoms with Crippen LogP contribution < -0.4 is 10.6 Å². The molecule has 0 aromatic heterocycles. The number of carbonyl (C=O) groups excluding carboxylic acids is 2. The lowest BCUT2D eigenvalue weighted by Crippen LogP contribution is -2.33. The van der Waals surface area contributed by atoms with E-state index in [-0.39, 0.29) is 6.03 Å². The van der Waals surface area contributed by atoms with Crippen molar-refractivity contribution < 1.29 is 9.59 Å². The van der Waals surface area contributed by atoms with Crippen molar-refractivity contribution in [3.05, 3.63) is 0 Å². The van der Waals surface area contributed by atoms with E-state index in [2.05, 4.69) is 10.6 Å². The normalized spacial score (nSPS) is 33.3. The van der Waals surface area contributed by atoms with Crippen LogP contribution in [0.4, 0.5) is 4.79 Å². The van der Waals surface area contributed by atoms with E-state index in [9.17, 15) is 9.59 Å². The number of urea groups is 1. The third kappa shape index (κ3) is 2.30. The SMILES string of the molecule is O=CCCCCC1CC[C@@H]2NC(=O)N[C@H]12. The number of aldehydes is 1. The van der Waals surface area contributed by atoms with Gasteiger partial charge < -0.3 is 15.4 Å².